The molecule has 1 atom stereocenters. The molecule has 3 aromatic rings. The maximum atomic E-state index is 13.1. The number of fused-ring (bicyclic) bond motifs is 1. The third-order valence-electron chi connectivity index (χ3n) is 7.77. The molecule has 6 rings (SSSR count). The van der Waals surface area contributed by atoms with Gasteiger partial charge in [-0.2, -0.15) is 0 Å². The largest absolute Gasteiger partial charge is 0.348 e. The van der Waals surface area contributed by atoms with Crippen molar-refractivity contribution in [3.63, 3.8) is 0 Å². The van der Waals surface area contributed by atoms with E-state index >= 15 is 0 Å². The van der Waals surface area contributed by atoms with E-state index in [2.05, 4.69) is 10.6 Å². The zero-order valence-electron chi connectivity index (χ0n) is 23.3. The second-order valence-electron chi connectivity index (χ2n) is 10.6. The number of hydrogen-bond donors (Lipinski definition) is 2. The lowest BCUT2D eigenvalue weighted by atomic mass is 10.0. The number of imide groups is 3. The van der Waals surface area contributed by atoms with E-state index in [0.717, 1.165) is 15.4 Å². The van der Waals surface area contributed by atoms with Gasteiger partial charge in [-0.3, -0.25) is 48.7 Å². The van der Waals surface area contributed by atoms with E-state index in [1.807, 2.05) is 0 Å². The van der Waals surface area contributed by atoms with E-state index in [1.165, 1.54) is 24.3 Å². The van der Waals surface area contributed by atoms with Gasteiger partial charge >= 0.3 is 0 Å². The lowest BCUT2D eigenvalue weighted by Crippen LogP contribution is -2.54. The smallest absolute Gasteiger partial charge is 0.262 e. The number of benzene rings is 3. The molecule has 3 heterocycles. The van der Waals surface area contributed by atoms with Crippen LogP contribution in [0, 0.1) is 0 Å². The Balaban J connectivity index is 1.07. The molecule has 1 unspecified atom stereocenters. The molecule has 3 aliphatic heterocycles. The van der Waals surface area contributed by atoms with Gasteiger partial charge in [-0.15, -0.1) is 0 Å². The minimum absolute atomic E-state index is 0.00277. The monoisotopic (exact) mass is 644 g/mol. The second kappa shape index (κ2) is 11.8. The van der Waals surface area contributed by atoms with Crippen LogP contribution in [0.25, 0.3) is 5.57 Å². The van der Waals surface area contributed by atoms with E-state index in [4.69, 9.17) is 23.2 Å². The number of piperidine rings is 1. The SMILES string of the molecule is O=C1CCC(N2C(=O)c3ccc(C(=O)NCc4ccc(CN5C(=O)C=C(c6cccc(Cl)c6Cl)C5=O)cc4)cc3C2=O)C(=O)N1. The highest BCUT2D eigenvalue weighted by Gasteiger charge is 2.44. The van der Waals surface area contributed by atoms with Gasteiger partial charge in [0.2, 0.25) is 11.8 Å². The van der Waals surface area contributed by atoms with Crippen molar-refractivity contribution in [3.8, 4) is 0 Å². The molecule has 0 aromatic heterocycles. The van der Waals surface area contributed by atoms with Crippen LogP contribution < -0.4 is 10.6 Å². The molecule has 226 valence electrons. The average Bonchev–Trinajstić information content (AvgIpc) is 3.44. The predicted molar refractivity (Wildman–Crippen MR) is 161 cm³/mol. The highest BCUT2D eigenvalue weighted by Crippen LogP contribution is 2.34. The first kappa shape index (κ1) is 29.9. The molecular formula is C32H22Cl2N4O7. The first-order chi connectivity index (χ1) is 21.5. The fourth-order valence-corrected chi connectivity index (χ4v) is 5.81. The summed E-state index contributed by atoms with van der Waals surface area (Å²) in [6.07, 6.45) is 1.27. The van der Waals surface area contributed by atoms with E-state index in [0.29, 0.717) is 11.1 Å². The van der Waals surface area contributed by atoms with Gasteiger partial charge in [-0.05, 0) is 41.8 Å². The number of amides is 7. The van der Waals surface area contributed by atoms with Crippen molar-refractivity contribution in [2.75, 3.05) is 0 Å². The van der Waals surface area contributed by atoms with Gasteiger partial charge in [0.05, 0.1) is 33.3 Å². The van der Waals surface area contributed by atoms with E-state index in [9.17, 15) is 33.6 Å². The first-order valence-electron chi connectivity index (χ1n) is 13.8. The van der Waals surface area contributed by atoms with Gasteiger partial charge < -0.3 is 5.32 Å². The fourth-order valence-electron chi connectivity index (χ4n) is 5.40. The number of carbonyl (C=O) groups excluding carboxylic acids is 7. The van der Waals surface area contributed by atoms with Crippen LogP contribution in [0.1, 0.15) is 60.6 Å². The van der Waals surface area contributed by atoms with Crippen molar-refractivity contribution < 1.29 is 33.6 Å². The molecule has 13 heteroatoms. The van der Waals surface area contributed by atoms with Gasteiger partial charge in [0.1, 0.15) is 6.04 Å². The van der Waals surface area contributed by atoms with E-state index in [1.54, 1.807) is 42.5 Å². The maximum Gasteiger partial charge on any atom is 0.262 e. The highest BCUT2D eigenvalue weighted by molar-refractivity contribution is 6.45. The molecular weight excluding hydrogens is 623 g/mol. The third kappa shape index (κ3) is 5.52. The fraction of sp³-hybridized carbons (Fsp3) is 0.156. The summed E-state index contributed by atoms with van der Waals surface area (Å²) in [5.41, 5.74) is 2.17. The number of hydrogen-bond acceptors (Lipinski definition) is 7. The standard InChI is InChI=1S/C32H22Cl2N4O7/c33-23-3-1-2-19(27(23)34)22-13-26(40)37(30(22)43)15-17-6-4-16(5-7-17)14-35-28(41)18-8-9-20-21(12-18)32(45)38(31(20)44)24-10-11-25(39)36-29(24)42/h1-9,12-13,24H,10-11,14-15H2,(H,35,41)(H,36,39,42). The number of nitrogens with zero attached hydrogens (tertiary/aromatic N) is 2. The lowest BCUT2D eigenvalue weighted by molar-refractivity contribution is -0.138. The molecule has 0 saturated carbocycles. The minimum atomic E-state index is -1.10. The molecule has 3 aromatic carbocycles. The molecule has 3 aliphatic rings. The summed E-state index contributed by atoms with van der Waals surface area (Å²) in [6.45, 7) is 0.159. The third-order valence-corrected chi connectivity index (χ3v) is 8.59. The van der Waals surface area contributed by atoms with Gasteiger partial charge in [0.25, 0.3) is 29.5 Å². The molecule has 0 bridgehead atoms. The molecule has 7 amide bonds. The second-order valence-corrected chi connectivity index (χ2v) is 11.4. The Morgan fingerprint density at radius 3 is 2.29 bits per heavy atom. The van der Waals surface area contributed by atoms with Gasteiger partial charge in [-0.1, -0.05) is 59.6 Å². The summed E-state index contributed by atoms with van der Waals surface area (Å²) in [5.74, 6) is -4.01. The quantitative estimate of drug-likeness (QED) is 0.375. The highest BCUT2D eigenvalue weighted by atomic mass is 35.5. The number of carbonyl (C=O) groups is 7. The molecule has 0 aliphatic carbocycles. The van der Waals surface area contributed by atoms with Gasteiger partial charge in [-0.25, -0.2) is 0 Å². The zero-order valence-corrected chi connectivity index (χ0v) is 24.8. The lowest BCUT2D eigenvalue weighted by Gasteiger charge is -2.27. The Hall–Kier alpha value is -5.13. The van der Waals surface area contributed by atoms with Crippen molar-refractivity contribution in [2.24, 2.45) is 0 Å². The summed E-state index contributed by atoms with van der Waals surface area (Å²) in [7, 11) is 0. The van der Waals surface area contributed by atoms with E-state index in [-0.39, 0.29) is 58.2 Å². The summed E-state index contributed by atoms with van der Waals surface area (Å²) in [6, 6.07) is 14.8. The summed E-state index contributed by atoms with van der Waals surface area (Å²) < 4.78 is 0. The average molecular weight is 645 g/mol. The van der Waals surface area contributed by atoms with Crippen molar-refractivity contribution in [3.05, 3.63) is 110 Å². The summed E-state index contributed by atoms with van der Waals surface area (Å²) >= 11 is 12.3. The Labute approximate surface area is 265 Å². The van der Waals surface area contributed by atoms with E-state index < -0.39 is 47.4 Å². The Kier molecular flexibility index (Phi) is 7.81. The predicted octanol–water partition coefficient (Wildman–Crippen LogP) is 3.28. The normalized spacial score (nSPS) is 17.9. The van der Waals surface area contributed by atoms with Crippen molar-refractivity contribution in [2.45, 2.75) is 32.0 Å². The zero-order chi connectivity index (χ0) is 32.0. The topological polar surface area (TPSA) is 150 Å². The minimum Gasteiger partial charge on any atom is -0.348 e. The van der Waals surface area contributed by atoms with Crippen molar-refractivity contribution in [1.82, 2.24) is 20.4 Å². The summed E-state index contributed by atoms with van der Waals surface area (Å²) in [4.78, 5) is 90.2. The van der Waals surface area contributed by atoms with Crippen LogP contribution in [-0.4, -0.2) is 57.2 Å². The Bertz CT molecular complexity index is 1890. The van der Waals surface area contributed by atoms with Gasteiger partial charge in [0, 0.05) is 30.2 Å². The maximum absolute atomic E-state index is 13.1. The van der Waals surface area contributed by atoms with Crippen LogP contribution in [-0.2, 0) is 32.3 Å². The van der Waals surface area contributed by atoms with Crippen LogP contribution in [0.3, 0.4) is 0 Å². The molecule has 0 radical (unpaired) electrons. The van der Waals surface area contributed by atoms with Crippen LogP contribution >= 0.6 is 23.2 Å². The molecule has 1 saturated heterocycles. The van der Waals surface area contributed by atoms with Crippen LogP contribution in [0.5, 0.6) is 0 Å². The molecule has 2 N–H and O–H groups in total. The molecule has 45 heavy (non-hydrogen) atoms. The van der Waals surface area contributed by atoms with Gasteiger partial charge in [0.15, 0.2) is 0 Å². The first-order valence-corrected chi connectivity index (χ1v) is 14.5. The summed E-state index contributed by atoms with van der Waals surface area (Å²) in [5, 5.41) is 5.36. The Morgan fingerprint density at radius 2 is 1.56 bits per heavy atom. The number of nitrogens with one attached hydrogen (secondary N) is 2. The van der Waals surface area contributed by atoms with Crippen LogP contribution in [0.2, 0.25) is 10.0 Å². The molecule has 0 spiro atoms. The van der Waals surface area contributed by atoms with Crippen molar-refractivity contribution in [1.29, 1.82) is 0 Å². The number of halogens is 2. The van der Waals surface area contributed by atoms with Crippen LogP contribution in [0.15, 0.2) is 66.7 Å². The Morgan fingerprint density at radius 1 is 0.844 bits per heavy atom. The van der Waals surface area contributed by atoms with Crippen molar-refractivity contribution >= 4 is 70.1 Å². The van der Waals surface area contributed by atoms with Crippen LogP contribution in [0.4, 0.5) is 0 Å². The molecule has 1 fully saturated rings. The number of rotatable bonds is 7. The molecule has 11 nitrogen and oxygen atoms in total.